The highest BCUT2D eigenvalue weighted by Gasteiger charge is 2.45. The molecule has 1 fully saturated rings. The standard InChI is InChI=1S/C16H26N2O2S/c1-13(2)16(8-9-16)12-18-21(19,20)11-15-6-4-14(5-7-15)10-17-3/h4-7,13,17-18H,8-12H2,1-3H3. The van der Waals surface area contributed by atoms with Crippen molar-refractivity contribution >= 4 is 10.0 Å². The molecule has 5 heteroatoms. The third-order valence-corrected chi connectivity index (χ3v) is 5.82. The van der Waals surface area contributed by atoms with Gasteiger partial charge in [0.2, 0.25) is 10.0 Å². The van der Waals surface area contributed by atoms with Crippen molar-refractivity contribution in [2.45, 2.75) is 39.0 Å². The lowest BCUT2D eigenvalue weighted by Gasteiger charge is -2.20. The summed E-state index contributed by atoms with van der Waals surface area (Å²) in [6, 6.07) is 7.72. The molecule has 2 rings (SSSR count). The minimum Gasteiger partial charge on any atom is -0.316 e. The lowest BCUT2D eigenvalue weighted by Crippen LogP contribution is -2.33. The van der Waals surface area contributed by atoms with Gasteiger partial charge in [-0.15, -0.1) is 0 Å². The molecule has 0 radical (unpaired) electrons. The number of hydrogen-bond donors (Lipinski definition) is 2. The first-order chi connectivity index (χ1) is 9.87. The number of nitrogens with one attached hydrogen (secondary N) is 2. The molecular formula is C16H26N2O2S. The minimum atomic E-state index is -3.25. The smallest absolute Gasteiger partial charge is 0.215 e. The fourth-order valence-electron chi connectivity index (χ4n) is 2.60. The fourth-order valence-corrected chi connectivity index (χ4v) is 3.84. The topological polar surface area (TPSA) is 58.2 Å². The van der Waals surface area contributed by atoms with Crippen molar-refractivity contribution in [2.75, 3.05) is 13.6 Å². The van der Waals surface area contributed by atoms with E-state index < -0.39 is 10.0 Å². The molecule has 0 unspecified atom stereocenters. The van der Waals surface area contributed by atoms with Crippen LogP contribution in [0.2, 0.25) is 0 Å². The predicted octanol–water partition coefficient (Wildman–Crippen LogP) is 2.26. The molecule has 0 saturated heterocycles. The van der Waals surface area contributed by atoms with Crippen molar-refractivity contribution in [3.05, 3.63) is 35.4 Å². The van der Waals surface area contributed by atoms with E-state index in [-0.39, 0.29) is 11.2 Å². The average molecular weight is 310 g/mol. The predicted molar refractivity (Wildman–Crippen MR) is 86.3 cm³/mol. The summed E-state index contributed by atoms with van der Waals surface area (Å²) in [5.74, 6) is 0.585. The Bertz CT molecular complexity index is 560. The SMILES string of the molecule is CNCc1ccc(CS(=O)(=O)NCC2(C(C)C)CC2)cc1. The van der Waals surface area contributed by atoms with Gasteiger partial charge in [-0.3, -0.25) is 0 Å². The van der Waals surface area contributed by atoms with Gasteiger partial charge in [-0.05, 0) is 42.3 Å². The zero-order chi connectivity index (χ0) is 15.5. The van der Waals surface area contributed by atoms with E-state index in [1.165, 1.54) is 0 Å². The third-order valence-electron chi connectivity index (χ3n) is 4.52. The van der Waals surface area contributed by atoms with Gasteiger partial charge in [0.1, 0.15) is 0 Å². The van der Waals surface area contributed by atoms with E-state index in [0.717, 1.165) is 30.5 Å². The molecule has 0 atom stereocenters. The largest absolute Gasteiger partial charge is 0.316 e. The first-order valence-corrected chi connectivity index (χ1v) is 9.22. The summed E-state index contributed by atoms with van der Waals surface area (Å²) in [5.41, 5.74) is 2.18. The molecule has 0 aliphatic heterocycles. The van der Waals surface area contributed by atoms with E-state index >= 15 is 0 Å². The van der Waals surface area contributed by atoms with E-state index in [0.29, 0.717) is 12.5 Å². The Balaban J connectivity index is 1.91. The normalized spacial score (nSPS) is 17.1. The average Bonchev–Trinajstić information content (AvgIpc) is 3.20. The van der Waals surface area contributed by atoms with Crippen LogP contribution in [0.25, 0.3) is 0 Å². The Morgan fingerprint density at radius 3 is 2.19 bits per heavy atom. The molecule has 0 amide bonds. The van der Waals surface area contributed by atoms with E-state index in [2.05, 4.69) is 23.9 Å². The molecule has 2 N–H and O–H groups in total. The lowest BCUT2D eigenvalue weighted by atomic mass is 9.93. The van der Waals surface area contributed by atoms with Crippen molar-refractivity contribution in [1.29, 1.82) is 0 Å². The lowest BCUT2D eigenvalue weighted by molar-refractivity contribution is 0.357. The molecule has 1 aliphatic carbocycles. The summed E-state index contributed by atoms with van der Waals surface area (Å²) in [6.45, 7) is 5.70. The Labute approximate surface area is 128 Å². The maximum atomic E-state index is 12.2. The van der Waals surface area contributed by atoms with Crippen LogP contribution in [-0.4, -0.2) is 22.0 Å². The Hall–Kier alpha value is -0.910. The fraction of sp³-hybridized carbons (Fsp3) is 0.625. The highest BCUT2D eigenvalue weighted by molar-refractivity contribution is 7.88. The van der Waals surface area contributed by atoms with Crippen molar-refractivity contribution < 1.29 is 8.42 Å². The molecule has 1 aromatic rings. The van der Waals surface area contributed by atoms with Crippen LogP contribution >= 0.6 is 0 Å². The van der Waals surface area contributed by atoms with Crippen molar-refractivity contribution in [3.8, 4) is 0 Å². The van der Waals surface area contributed by atoms with E-state index in [4.69, 9.17) is 0 Å². The Morgan fingerprint density at radius 1 is 1.14 bits per heavy atom. The zero-order valence-electron chi connectivity index (χ0n) is 13.1. The van der Waals surface area contributed by atoms with Crippen LogP contribution in [0.4, 0.5) is 0 Å². The molecule has 0 aromatic heterocycles. The molecule has 0 heterocycles. The Morgan fingerprint density at radius 2 is 1.71 bits per heavy atom. The van der Waals surface area contributed by atoms with Gasteiger partial charge in [0.25, 0.3) is 0 Å². The monoisotopic (exact) mass is 310 g/mol. The van der Waals surface area contributed by atoms with Crippen LogP contribution in [0.15, 0.2) is 24.3 Å². The molecule has 1 aromatic carbocycles. The van der Waals surface area contributed by atoms with Gasteiger partial charge in [0, 0.05) is 13.1 Å². The summed E-state index contributed by atoms with van der Waals surface area (Å²) in [7, 11) is -1.36. The molecule has 118 valence electrons. The van der Waals surface area contributed by atoms with Crippen LogP contribution in [-0.2, 0) is 22.3 Å². The van der Waals surface area contributed by atoms with Crippen molar-refractivity contribution in [2.24, 2.45) is 11.3 Å². The number of rotatable bonds is 8. The van der Waals surface area contributed by atoms with E-state index in [1.54, 1.807) is 0 Å². The molecule has 21 heavy (non-hydrogen) atoms. The molecule has 1 saturated carbocycles. The summed E-state index contributed by atoms with van der Waals surface area (Å²) in [4.78, 5) is 0. The summed E-state index contributed by atoms with van der Waals surface area (Å²) < 4.78 is 27.2. The first kappa shape index (κ1) is 16.5. The maximum absolute atomic E-state index is 12.2. The van der Waals surface area contributed by atoms with Gasteiger partial charge in [0.15, 0.2) is 0 Å². The van der Waals surface area contributed by atoms with Gasteiger partial charge in [-0.25, -0.2) is 13.1 Å². The molecular weight excluding hydrogens is 284 g/mol. The summed E-state index contributed by atoms with van der Waals surface area (Å²) >= 11 is 0. The summed E-state index contributed by atoms with van der Waals surface area (Å²) in [5, 5.41) is 3.08. The van der Waals surface area contributed by atoms with E-state index in [1.807, 2.05) is 31.3 Å². The Kier molecular flexibility index (Phi) is 5.07. The number of benzene rings is 1. The van der Waals surface area contributed by atoms with Gasteiger partial charge < -0.3 is 5.32 Å². The second kappa shape index (κ2) is 6.46. The van der Waals surface area contributed by atoms with Crippen molar-refractivity contribution in [1.82, 2.24) is 10.0 Å². The van der Waals surface area contributed by atoms with Gasteiger partial charge >= 0.3 is 0 Å². The number of hydrogen-bond acceptors (Lipinski definition) is 3. The third kappa shape index (κ3) is 4.53. The summed E-state index contributed by atoms with van der Waals surface area (Å²) in [6.07, 6.45) is 2.26. The van der Waals surface area contributed by atoms with Crippen LogP contribution in [0.5, 0.6) is 0 Å². The number of sulfonamides is 1. The molecule has 1 aliphatic rings. The van der Waals surface area contributed by atoms with E-state index in [9.17, 15) is 8.42 Å². The second-order valence-corrected chi connectivity index (χ2v) is 8.25. The van der Waals surface area contributed by atoms with Crippen LogP contribution in [0, 0.1) is 11.3 Å². The van der Waals surface area contributed by atoms with Gasteiger partial charge in [-0.2, -0.15) is 0 Å². The second-order valence-electron chi connectivity index (χ2n) is 6.44. The minimum absolute atomic E-state index is 0.0566. The first-order valence-electron chi connectivity index (χ1n) is 7.57. The quantitative estimate of drug-likeness (QED) is 0.774. The van der Waals surface area contributed by atoms with Crippen LogP contribution < -0.4 is 10.0 Å². The van der Waals surface area contributed by atoms with Gasteiger partial charge in [0.05, 0.1) is 5.75 Å². The highest BCUT2D eigenvalue weighted by Crippen LogP contribution is 2.51. The van der Waals surface area contributed by atoms with Crippen LogP contribution in [0.3, 0.4) is 0 Å². The van der Waals surface area contributed by atoms with Gasteiger partial charge in [-0.1, -0.05) is 38.1 Å². The maximum Gasteiger partial charge on any atom is 0.215 e. The molecule has 0 spiro atoms. The zero-order valence-corrected chi connectivity index (χ0v) is 14.0. The van der Waals surface area contributed by atoms with Crippen LogP contribution in [0.1, 0.15) is 37.8 Å². The highest BCUT2D eigenvalue weighted by atomic mass is 32.2. The molecule has 0 bridgehead atoms. The molecule has 4 nitrogen and oxygen atoms in total. The van der Waals surface area contributed by atoms with Crippen molar-refractivity contribution in [3.63, 3.8) is 0 Å².